The highest BCUT2D eigenvalue weighted by Gasteiger charge is 2.35. The molecule has 2 saturated carbocycles. The second-order valence-electron chi connectivity index (χ2n) is 18.5. The molecule has 1 N–H and O–H groups in total. The van der Waals surface area contributed by atoms with Gasteiger partial charge in [-0.3, -0.25) is 24.0 Å². The maximum absolute atomic E-state index is 13.9. The van der Waals surface area contributed by atoms with Crippen LogP contribution in [0, 0.1) is 17.2 Å². The van der Waals surface area contributed by atoms with Crippen LogP contribution >= 0.6 is 11.6 Å². The predicted molar refractivity (Wildman–Crippen MR) is 242 cm³/mol. The fourth-order valence-electron chi connectivity index (χ4n) is 10.5. The molecule has 0 unspecified atom stereocenters. The lowest BCUT2D eigenvalue weighted by molar-refractivity contribution is -0.137. The van der Waals surface area contributed by atoms with Gasteiger partial charge < -0.3 is 24.8 Å². The minimum Gasteiger partial charge on any atom is -0.495 e. The van der Waals surface area contributed by atoms with E-state index in [-0.39, 0.29) is 47.5 Å². The Morgan fingerprint density at radius 2 is 1.67 bits per heavy atom. The Labute approximate surface area is 378 Å². The lowest BCUT2D eigenvalue weighted by Crippen LogP contribution is -2.46. The van der Waals surface area contributed by atoms with Gasteiger partial charge in [0.2, 0.25) is 11.8 Å². The number of amides is 3. The molecular weight excluding hydrogens is 828 g/mol. The number of ether oxygens (including phenoxy) is 1. The van der Waals surface area contributed by atoms with Crippen molar-refractivity contribution < 1.29 is 19.1 Å². The average Bonchev–Trinajstić information content (AvgIpc) is 4.12. The summed E-state index contributed by atoms with van der Waals surface area (Å²) in [6.45, 7) is 5.64. The normalized spacial score (nSPS) is 22.2. The molecule has 0 bridgehead atoms. The van der Waals surface area contributed by atoms with Gasteiger partial charge in [-0.15, -0.1) is 10.2 Å². The van der Waals surface area contributed by atoms with Crippen LogP contribution in [0.1, 0.15) is 123 Å². The van der Waals surface area contributed by atoms with Gasteiger partial charge in [0.25, 0.3) is 5.91 Å². The summed E-state index contributed by atoms with van der Waals surface area (Å²) >= 11 is 6.22. The zero-order valence-electron chi connectivity index (χ0n) is 36.5. The molecule has 3 aliphatic heterocycles. The van der Waals surface area contributed by atoms with E-state index in [0.29, 0.717) is 74.5 Å². The Morgan fingerprint density at radius 3 is 2.38 bits per heavy atom. The van der Waals surface area contributed by atoms with Gasteiger partial charge in [-0.1, -0.05) is 29.8 Å². The number of nitrogens with zero attached hydrogens (tertiary/aromatic N) is 9. The highest BCUT2D eigenvalue weighted by molar-refractivity contribution is 6.32. The minimum absolute atomic E-state index is 0.0350. The van der Waals surface area contributed by atoms with Crippen molar-refractivity contribution in [2.75, 3.05) is 37.6 Å². The summed E-state index contributed by atoms with van der Waals surface area (Å²) < 4.78 is 8.43. The Hall–Kier alpha value is -5.81. The number of halogens is 1. The molecule has 15 heteroatoms. The summed E-state index contributed by atoms with van der Waals surface area (Å²) in [5.41, 5.74) is 6.39. The number of carbonyl (C=O) groups is 3. The van der Waals surface area contributed by atoms with Crippen molar-refractivity contribution in [2.24, 2.45) is 5.92 Å². The molecule has 0 radical (unpaired) electrons. The van der Waals surface area contributed by atoms with E-state index in [1.165, 1.54) is 29.6 Å². The first-order valence-electron chi connectivity index (χ1n) is 23.3. The molecule has 332 valence electrons. The third-order valence-corrected chi connectivity index (χ3v) is 14.7. The summed E-state index contributed by atoms with van der Waals surface area (Å²) in [7, 11) is 0. The van der Waals surface area contributed by atoms with Gasteiger partial charge in [-0.25, -0.2) is 0 Å². The zero-order valence-corrected chi connectivity index (χ0v) is 37.2. The van der Waals surface area contributed by atoms with E-state index in [1.807, 2.05) is 17.2 Å². The largest absolute Gasteiger partial charge is 0.495 e. The zero-order chi connectivity index (χ0) is 43.9. The lowest BCUT2D eigenvalue weighted by Gasteiger charge is -2.38. The average molecular weight is 883 g/mol. The Balaban J connectivity index is 0.714. The number of benzene rings is 1. The van der Waals surface area contributed by atoms with E-state index in [0.717, 1.165) is 85.8 Å². The number of hydrogen-bond donors (Lipinski definition) is 1. The summed E-state index contributed by atoms with van der Waals surface area (Å²) in [6, 6.07) is 14.6. The van der Waals surface area contributed by atoms with Crippen molar-refractivity contribution in [1.29, 1.82) is 5.26 Å². The third kappa shape index (κ3) is 8.71. The smallest absolute Gasteiger partial charge is 0.272 e. The van der Waals surface area contributed by atoms with E-state index in [4.69, 9.17) is 26.4 Å². The quantitative estimate of drug-likeness (QED) is 0.178. The molecule has 3 aliphatic carbocycles. The molecule has 14 nitrogen and oxygen atoms in total. The topological polar surface area (TPSA) is 162 Å². The van der Waals surface area contributed by atoms with Gasteiger partial charge in [0.15, 0.2) is 11.5 Å². The van der Waals surface area contributed by atoms with Crippen molar-refractivity contribution in [3.8, 4) is 17.3 Å². The number of nitriles is 1. The van der Waals surface area contributed by atoms with Crippen LogP contribution in [0.25, 0.3) is 22.0 Å². The molecule has 0 spiro atoms. The number of allylic oxidation sites excluding steroid dienone is 4. The van der Waals surface area contributed by atoms with Gasteiger partial charge >= 0.3 is 0 Å². The van der Waals surface area contributed by atoms with Gasteiger partial charge in [-0.05, 0) is 100 Å². The monoisotopic (exact) mass is 882 g/mol. The molecule has 1 aromatic carbocycles. The number of fused-ring (bicyclic) bond motifs is 2. The predicted octanol–water partition coefficient (Wildman–Crippen LogP) is 7.50. The molecule has 4 fully saturated rings. The van der Waals surface area contributed by atoms with Crippen LogP contribution in [-0.4, -0.2) is 97.4 Å². The Kier molecular flexibility index (Phi) is 11.8. The third-order valence-electron chi connectivity index (χ3n) is 14.4. The minimum atomic E-state index is -0.232. The van der Waals surface area contributed by atoms with Crippen LogP contribution in [0.15, 0.2) is 65.0 Å². The van der Waals surface area contributed by atoms with Crippen LogP contribution in [0.5, 0.6) is 0 Å². The first kappa shape index (κ1) is 42.2. The highest BCUT2D eigenvalue weighted by Crippen LogP contribution is 2.42. The molecule has 6 heterocycles. The first-order chi connectivity index (χ1) is 31.2. The second-order valence-corrected chi connectivity index (χ2v) is 18.9. The number of likely N-dealkylation sites (tertiary alicyclic amines) is 1. The maximum Gasteiger partial charge on any atom is 0.272 e. The number of rotatable bonds is 9. The van der Waals surface area contributed by atoms with Crippen LogP contribution in [0.2, 0.25) is 0 Å². The molecule has 0 atom stereocenters. The Bertz CT molecular complexity index is 2550. The molecule has 3 amide bonds. The van der Waals surface area contributed by atoms with Gasteiger partial charge in [-0.2, -0.15) is 10.4 Å². The SMILES string of the molecule is CC(=O)N1CCc2c(c(-c3cccc4cc(C5CC5)ncc34)nn2C2CCN(C(=O)C3CCN(c4ccc(C(=O)NC5CCC(OC6=CC(Cl)=C(C#N)CC6)CC5)nn4)CC3)CC2)C1. The molecule has 6 aliphatic rings. The number of carbonyl (C=O) groups excluding carboxylic acids is 3. The summed E-state index contributed by atoms with van der Waals surface area (Å²) in [5, 5.41) is 29.1. The fourth-order valence-corrected chi connectivity index (χ4v) is 10.7. The van der Waals surface area contributed by atoms with Crippen LogP contribution < -0.4 is 10.2 Å². The molecule has 3 aromatic heterocycles. The van der Waals surface area contributed by atoms with Crippen molar-refractivity contribution in [2.45, 2.75) is 121 Å². The molecule has 2 saturated heterocycles. The van der Waals surface area contributed by atoms with Crippen molar-refractivity contribution in [3.63, 3.8) is 0 Å². The van der Waals surface area contributed by atoms with Crippen LogP contribution in [-0.2, 0) is 27.3 Å². The summed E-state index contributed by atoms with van der Waals surface area (Å²) in [6.07, 6.45) is 14.7. The molecule has 64 heavy (non-hydrogen) atoms. The number of piperidine rings is 2. The van der Waals surface area contributed by atoms with E-state index >= 15 is 0 Å². The van der Waals surface area contributed by atoms with E-state index < -0.39 is 0 Å². The van der Waals surface area contributed by atoms with Gasteiger partial charge in [0.05, 0.1) is 34.7 Å². The standard InChI is InChI=1S/C49H55ClN10O4/c1-30(61)59-24-19-45-41(29-59)47(39-4-2-3-33-25-44(31-5-6-31)52-28-40(33)39)56-60(45)36-17-22-58(23-18-36)49(63)32-15-20-57(21-16-32)46-14-13-43(54-55-46)48(62)53-35-8-11-37(12-9-35)64-38-10-7-34(27-51)42(50)26-38/h2-4,13-14,25-26,28,31-32,35-37H,5-12,15-24,29H2,1H3,(H,53,62). The number of aromatic nitrogens is 5. The number of anilines is 1. The fraction of sp³-hybridized carbons (Fsp3) is 0.510. The van der Waals surface area contributed by atoms with E-state index in [9.17, 15) is 19.6 Å². The van der Waals surface area contributed by atoms with Crippen molar-refractivity contribution >= 4 is 45.9 Å². The highest BCUT2D eigenvalue weighted by atomic mass is 35.5. The Morgan fingerprint density at radius 1 is 0.875 bits per heavy atom. The second kappa shape index (κ2) is 18.0. The van der Waals surface area contributed by atoms with Gasteiger partial charge in [0, 0.05) is 117 Å². The van der Waals surface area contributed by atoms with E-state index in [2.05, 4.69) is 60.3 Å². The summed E-state index contributed by atoms with van der Waals surface area (Å²) in [4.78, 5) is 50.6. The molecule has 10 rings (SSSR count). The maximum atomic E-state index is 13.9. The van der Waals surface area contributed by atoms with Crippen LogP contribution in [0.4, 0.5) is 5.82 Å². The number of hydrogen-bond acceptors (Lipinski definition) is 10. The first-order valence-corrected chi connectivity index (χ1v) is 23.7. The van der Waals surface area contributed by atoms with Crippen LogP contribution in [0.3, 0.4) is 0 Å². The van der Waals surface area contributed by atoms with E-state index in [1.54, 1.807) is 19.1 Å². The van der Waals surface area contributed by atoms with Crippen molar-refractivity contribution in [3.05, 3.63) is 87.7 Å². The number of nitrogens with one attached hydrogen (secondary N) is 1. The molecule has 4 aromatic rings. The molecular formula is C49H55ClN10O4. The van der Waals surface area contributed by atoms with Crippen molar-refractivity contribution in [1.82, 2.24) is 40.1 Å². The summed E-state index contributed by atoms with van der Waals surface area (Å²) in [5.74, 6) is 2.14. The number of pyridine rings is 1. The van der Waals surface area contributed by atoms with Gasteiger partial charge in [0.1, 0.15) is 0 Å². The lowest BCUT2D eigenvalue weighted by atomic mass is 9.92.